The van der Waals surface area contributed by atoms with Crippen molar-refractivity contribution in [3.63, 3.8) is 0 Å². The van der Waals surface area contributed by atoms with Crippen LogP contribution >= 0.6 is 0 Å². The number of carbonyl (C=O) groups is 2. The van der Waals surface area contributed by atoms with Crippen LogP contribution in [0.15, 0.2) is 18.2 Å². The van der Waals surface area contributed by atoms with E-state index in [4.69, 9.17) is 0 Å². The van der Waals surface area contributed by atoms with Gasteiger partial charge in [-0.05, 0) is 37.0 Å². The van der Waals surface area contributed by atoms with Gasteiger partial charge in [0.25, 0.3) is 0 Å². The Balaban J connectivity index is 1.73. The van der Waals surface area contributed by atoms with Crippen LogP contribution < -0.4 is 0 Å². The predicted octanol–water partition coefficient (Wildman–Crippen LogP) is 3.35. The molecule has 0 saturated carbocycles. The number of hydrogen-bond acceptors (Lipinski definition) is 2. The highest BCUT2D eigenvalue weighted by molar-refractivity contribution is 5.87. The van der Waals surface area contributed by atoms with Crippen LogP contribution in [0.25, 0.3) is 0 Å². The molecule has 1 atom stereocenters. The number of amides is 2. The van der Waals surface area contributed by atoms with E-state index < -0.39 is 22.5 Å². The third-order valence-corrected chi connectivity index (χ3v) is 5.46. The second-order valence-electron chi connectivity index (χ2n) is 8.59. The lowest BCUT2D eigenvalue weighted by molar-refractivity contribution is -0.147. The highest BCUT2D eigenvalue weighted by Gasteiger charge is 2.50. The van der Waals surface area contributed by atoms with E-state index in [0.717, 1.165) is 25.0 Å². The quantitative estimate of drug-likeness (QED) is 0.807. The van der Waals surface area contributed by atoms with Crippen LogP contribution in [-0.2, 0) is 16.1 Å². The van der Waals surface area contributed by atoms with Crippen LogP contribution in [0.3, 0.4) is 0 Å². The smallest absolute Gasteiger partial charge is 0.230 e. The number of hydrogen-bond donors (Lipinski definition) is 0. The largest absolute Gasteiger partial charge is 0.341 e. The summed E-state index contributed by atoms with van der Waals surface area (Å²) < 4.78 is 26.6. The second kappa shape index (κ2) is 6.63. The maximum absolute atomic E-state index is 13.5. The molecule has 3 rings (SSSR count). The van der Waals surface area contributed by atoms with Gasteiger partial charge in [0.2, 0.25) is 11.8 Å². The molecule has 142 valence electrons. The lowest BCUT2D eigenvalue weighted by atomic mass is 9.78. The summed E-state index contributed by atoms with van der Waals surface area (Å²) in [6.07, 6.45) is 2.29. The summed E-state index contributed by atoms with van der Waals surface area (Å²) in [4.78, 5) is 29.2. The summed E-state index contributed by atoms with van der Waals surface area (Å²) in [7, 11) is 0. The zero-order valence-electron chi connectivity index (χ0n) is 15.6. The van der Waals surface area contributed by atoms with Gasteiger partial charge in [-0.15, -0.1) is 0 Å². The topological polar surface area (TPSA) is 40.6 Å². The molecule has 4 nitrogen and oxygen atoms in total. The number of carbonyl (C=O) groups excluding carboxylic acids is 2. The minimum Gasteiger partial charge on any atom is -0.341 e. The Morgan fingerprint density at radius 2 is 1.88 bits per heavy atom. The van der Waals surface area contributed by atoms with Crippen LogP contribution in [0.2, 0.25) is 0 Å². The zero-order chi connectivity index (χ0) is 19.1. The van der Waals surface area contributed by atoms with Crippen molar-refractivity contribution in [2.75, 3.05) is 19.6 Å². The molecule has 2 heterocycles. The van der Waals surface area contributed by atoms with E-state index in [1.54, 1.807) is 9.80 Å². The summed E-state index contributed by atoms with van der Waals surface area (Å²) in [5, 5.41) is 0. The predicted molar refractivity (Wildman–Crippen MR) is 94.1 cm³/mol. The fourth-order valence-electron chi connectivity index (χ4n) is 4.06. The van der Waals surface area contributed by atoms with Gasteiger partial charge in [0.1, 0.15) is 0 Å². The average molecular weight is 364 g/mol. The molecule has 0 radical (unpaired) electrons. The first-order valence-electron chi connectivity index (χ1n) is 9.15. The van der Waals surface area contributed by atoms with Gasteiger partial charge in [-0.25, -0.2) is 8.78 Å². The zero-order valence-corrected chi connectivity index (χ0v) is 15.6. The first-order valence-corrected chi connectivity index (χ1v) is 9.15. The summed E-state index contributed by atoms with van der Waals surface area (Å²) in [6, 6.07) is 3.75. The van der Waals surface area contributed by atoms with Crippen LogP contribution in [0.1, 0.15) is 45.6 Å². The molecule has 2 aliphatic rings. The molecule has 2 amide bonds. The Morgan fingerprint density at radius 1 is 1.15 bits per heavy atom. The lowest BCUT2D eigenvalue weighted by Crippen LogP contribution is -2.50. The number of rotatable bonds is 2. The van der Waals surface area contributed by atoms with Gasteiger partial charge < -0.3 is 9.80 Å². The van der Waals surface area contributed by atoms with Crippen LogP contribution in [-0.4, -0.2) is 41.2 Å². The van der Waals surface area contributed by atoms with Gasteiger partial charge in [-0.2, -0.15) is 0 Å². The minimum atomic E-state index is -0.899. The fourth-order valence-corrected chi connectivity index (χ4v) is 4.06. The highest BCUT2D eigenvalue weighted by atomic mass is 19.2. The Hall–Kier alpha value is -1.98. The standard InChI is InChI=1S/C20H26F2N2O2/c1-19(2,3)17(25)24-10-8-20(13-24)7-4-9-23(18(20)26)12-14-5-6-15(21)16(22)11-14/h5-6,11H,4,7-10,12-13H2,1-3H3/t20-/m0/s1. The maximum atomic E-state index is 13.5. The number of halogens is 2. The third-order valence-electron chi connectivity index (χ3n) is 5.46. The molecule has 0 aliphatic carbocycles. The normalized spacial score (nSPS) is 23.8. The van der Waals surface area contributed by atoms with E-state index in [2.05, 4.69) is 0 Å². The van der Waals surface area contributed by atoms with Crippen molar-refractivity contribution >= 4 is 11.8 Å². The molecule has 0 N–H and O–H groups in total. The molecule has 6 heteroatoms. The monoisotopic (exact) mass is 364 g/mol. The maximum Gasteiger partial charge on any atom is 0.230 e. The molecule has 2 aliphatic heterocycles. The van der Waals surface area contributed by atoms with Crippen molar-refractivity contribution in [2.24, 2.45) is 10.8 Å². The van der Waals surface area contributed by atoms with Crippen LogP contribution in [0.4, 0.5) is 8.78 Å². The molecule has 0 aromatic heterocycles. The number of benzene rings is 1. The third kappa shape index (κ3) is 3.46. The number of likely N-dealkylation sites (tertiary alicyclic amines) is 2. The first-order chi connectivity index (χ1) is 12.1. The van der Waals surface area contributed by atoms with Crippen molar-refractivity contribution in [1.82, 2.24) is 9.80 Å². The molecule has 1 aromatic carbocycles. The molecular weight excluding hydrogens is 338 g/mol. The van der Waals surface area contributed by atoms with Gasteiger partial charge >= 0.3 is 0 Å². The van der Waals surface area contributed by atoms with Crippen LogP contribution in [0, 0.1) is 22.5 Å². The van der Waals surface area contributed by atoms with E-state index in [-0.39, 0.29) is 18.4 Å². The van der Waals surface area contributed by atoms with E-state index in [9.17, 15) is 18.4 Å². The van der Waals surface area contributed by atoms with Crippen molar-refractivity contribution in [1.29, 1.82) is 0 Å². The van der Waals surface area contributed by atoms with E-state index in [0.29, 0.717) is 31.6 Å². The van der Waals surface area contributed by atoms with Gasteiger partial charge in [-0.3, -0.25) is 9.59 Å². The van der Waals surface area contributed by atoms with E-state index >= 15 is 0 Å². The highest BCUT2D eigenvalue weighted by Crippen LogP contribution is 2.41. The summed E-state index contributed by atoms with van der Waals surface area (Å²) in [5.41, 5.74) is -0.415. The average Bonchev–Trinajstić information content (AvgIpc) is 2.99. The van der Waals surface area contributed by atoms with Crippen molar-refractivity contribution < 1.29 is 18.4 Å². The molecule has 0 bridgehead atoms. The second-order valence-corrected chi connectivity index (χ2v) is 8.59. The van der Waals surface area contributed by atoms with E-state index in [1.807, 2.05) is 20.8 Å². The molecular formula is C20H26F2N2O2. The fraction of sp³-hybridized carbons (Fsp3) is 0.600. The van der Waals surface area contributed by atoms with Crippen molar-refractivity contribution in [3.05, 3.63) is 35.4 Å². The Labute approximate surface area is 153 Å². The summed E-state index contributed by atoms with van der Waals surface area (Å²) in [6.45, 7) is 7.59. The Kier molecular flexibility index (Phi) is 4.80. The van der Waals surface area contributed by atoms with E-state index in [1.165, 1.54) is 6.07 Å². The molecule has 2 fully saturated rings. The molecule has 26 heavy (non-hydrogen) atoms. The lowest BCUT2D eigenvalue weighted by Gasteiger charge is -2.39. The number of piperidine rings is 1. The van der Waals surface area contributed by atoms with Gasteiger partial charge in [0, 0.05) is 31.6 Å². The van der Waals surface area contributed by atoms with Gasteiger partial charge in [0.15, 0.2) is 11.6 Å². The van der Waals surface area contributed by atoms with Crippen molar-refractivity contribution in [2.45, 2.75) is 46.6 Å². The molecule has 2 saturated heterocycles. The summed E-state index contributed by atoms with van der Waals surface area (Å²) >= 11 is 0. The Bertz CT molecular complexity index is 729. The van der Waals surface area contributed by atoms with Gasteiger partial charge in [0.05, 0.1) is 5.41 Å². The van der Waals surface area contributed by atoms with Crippen molar-refractivity contribution in [3.8, 4) is 0 Å². The Morgan fingerprint density at radius 3 is 2.54 bits per heavy atom. The molecule has 1 spiro atoms. The molecule has 1 aromatic rings. The number of nitrogens with zero attached hydrogens (tertiary/aromatic N) is 2. The first kappa shape index (κ1) is 18.8. The molecule has 0 unspecified atom stereocenters. The summed E-state index contributed by atoms with van der Waals surface area (Å²) in [5.74, 6) is -1.69. The minimum absolute atomic E-state index is 0.0256. The van der Waals surface area contributed by atoms with Gasteiger partial charge in [-0.1, -0.05) is 26.8 Å². The van der Waals surface area contributed by atoms with Crippen LogP contribution in [0.5, 0.6) is 0 Å². The SMILES string of the molecule is CC(C)(C)C(=O)N1CC[C@@]2(CCCN(Cc3ccc(F)c(F)c3)C2=O)C1.